The Labute approximate surface area is 757 Å². The standard InChI is InChI=1S/C21H30N2O4.C21H22N2O4.C16H23N3O5.C16H24N2O4.C13H17NO4.C9H11NO2/c2*1-13-10-14(2)19(21(25)23-12-17-7-5-9-27-17)15(3)18(13)20(24)22-11-16-6-4-8-26-16;1-2-3-17-14(22)11-8-12(15(23)18-4-6-20)10-13(9-11)16(24)19-5-7-21;1-15(2,9-19)17-13(21)11-6-5-7-12(8-11)14(22)18-16(3,4)10-20;15-7-2-5-12(17)10-3-1-4-11(9-10)13(18)14-6-8-16;11-7-6-10-9(12)8-4-2-1-3-5-8/h10,16-17H,4-9,11-12H2,1-3H3,(H,22,24)(H,23,25);4-10H,11-12H2,1-3H3,(H,22,24)(H,23,25);8-10,20-21H,2-7H2,1H3,(H,17,22)(H,18,23)(H,19,24);5-8,19-20H,9-10H2,1-4H3,(H,17,21)(H,18,22);1,3-4,9,15-16H,2,5-8H2,(H,14,18);1-5,11H,6-7H2,(H,10,12). The van der Waals surface area contributed by atoms with E-state index in [1.165, 1.54) is 30.3 Å². The number of hydrogen-bond acceptors (Lipinski definition) is 23. The van der Waals surface area contributed by atoms with Crippen molar-refractivity contribution >= 4 is 70.8 Å². The predicted octanol–water partition coefficient (Wildman–Crippen LogP) is 6.82. The maximum absolute atomic E-state index is 12.8. The Balaban J connectivity index is 0.000000280. The third kappa shape index (κ3) is 36.5. The molecular weight excluding hydrogens is 1680 g/mol. The average Bonchev–Trinajstić information content (AvgIpc) is 1.17. The summed E-state index contributed by atoms with van der Waals surface area (Å²) in [5.41, 5.74) is 8.08. The molecule has 6 aromatic carbocycles. The van der Waals surface area contributed by atoms with Crippen LogP contribution in [-0.2, 0) is 22.6 Å². The number of ether oxygens (including phenoxy) is 2. The van der Waals surface area contributed by atoms with Gasteiger partial charge in [0.15, 0.2) is 5.78 Å². The fourth-order valence-corrected chi connectivity index (χ4v) is 13.2. The lowest BCUT2D eigenvalue weighted by Crippen LogP contribution is -2.47. The number of nitrogens with one attached hydrogen (secondary N) is 11. The number of aliphatic hydroxyl groups excluding tert-OH is 7. The molecule has 34 nitrogen and oxygen atoms in total. The van der Waals surface area contributed by atoms with Gasteiger partial charge in [0.2, 0.25) is 0 Å². The highest BCUT2D eigenvalue weighted by atomic mass is 16.5. The molecule has 2 aromatic heterocycles. The minimum Gasteiger partial charge on any atom is -0.467 e. The SMILES string of the molecule is CC(C)(CO)NC(=O)c1cccc(C(=O)NC(C)(C)CO)c1.CCCNC(=O)c1cc(C(=O)NCCO)cc(C(=O)NCCO)c1.Cc1cc(C)c(C(=O)NCC2CCCO2)c(C)c1C(=O)NCC1CCCO1.Cc1cc(C)c(C(=O)NCc2ccco2)c(C)c1C(=O)NCc1ccco1.O=C(CCCO)c1cccc(C(=O)NCCO)c1.O=C(NCCO)c1ccccc1. The molecule has 0 bridgehead atoms. The fourth-order valence-electron chi connectivity index (χ4n) is 13.2. The molecule has 10 rings (SSSR count). The second kappa shape index (κ2) is 56.6. The molecule has 2 aliphatic rings. The Bertz CT molecular complexity index is 4700. The number of benzene rings is 6. The van der Waals surface area contributed by atoms with E-state index in [-0.39, 0.29) is 160 Å². The van der Waals surface area contributed by atoms with E-state index in [9.17, 15) is 67.7 Å². The highest BCUT2D eigenvalue weighted by Crippen LogP contribution is 2.26. The van der Waals surface area contributed by atoms with Gasteiger partial charge in [-0.2, -0.15) is 0 Å². The summed E-state index contributed by atoms with van der Waals surface area (Å²) >= 11 is 0. The van der Waals surface area contributed by atoms with E-state index in [1.54, 1.807) is 132 Å². The topological polar surface area (TPSA) is 524 Å². The van der Waals surface area contributed by atoms with Crippen LogP contribution in [0.15, 0.2) is 155 Å². The van der Waals surface area contributed by atoms with Gasteiger partial charge in [-0.3, -0.25) is 57.5 Å². The number of Topliss-reactive ketones (excluding diaryl/α,β-unsaturated/α-hetero) is 1. The number of carbonyl (C=O) groups excluding carboxylic acids is 12. The molecule has 0 spiro atoms. The second-order valence-corrected chi connectivity index (χ2v) is 31.7. The fraction of sp³-hybridized carbons (Fsp3) is 0.417. The Morgan fingerprint density at radius 2 is 0.669 bits per heavy atom. The molecule has 704 valence electrons. The average molecular weight is 1800 g/mol. The molecule has 11 amide bonds. The molecule has 2 atom stereocenters. The van der Waals surface area contributed by atoms with Crippen molar-refractivity contribution in [2.75, 3.05) is 105 Å². The maximum atomic E-state index is 12.8. The van der Waals surface area contributed by atoms with E-state index in [0.717, 1.165) is 73.1 Å². The molecule has 0 radical (unpaired) electrons. The van der Waals surface area contributed by atoms with E-state index in [1.807, 2.05) is 59.7 Å². The van der Waals surface area contributed by atoms with Crippen LogP contribution in [0.4, 0.5) is 0 Å². The molecule has 0 aliphatic carbocycles. The van der Waals surface area contributed by atoms with Gasteiger partial charge in [0, 0.05) is 139 Å². The van der Waals surface area contributed by atoms with Gasteiger partial charge in [-0.15, -0.1) is 0 Å². The summed E-state index contributed by atoms with van der Waals surface area (Å²) < 4.78 is 21.6. The summed E-state index contributed by atoms with van der Waals surface area (Å²) in [5.74, 6) is -2.09. The third-order valence-electron chi connectivity index (χ3n) is 19.9. The summed E-state index contributed by atoms with van der Waals surface area (Å²) in [6.07, 6.45) is 8.77. The van der Waals surface area contributed by atoms with Crippen molar-refractivity contribution in [1.82, 2.24) is 58.5 Å². The maximum Gasteiger partial charge on any atom is 0.252 e. The first-order chi connectivity index (χ1) is 62.1. The second-order valence-electron chi connectivity index (χ2n) is 31.7. The van der Waals surface area contributed by atoms with Crippen molar-refractivity contribution in [2.45, 2.75) is 157 Å². The number of amides is 11. The van der Waals surface area contributed by atoms with Crippen LogP contribution in [0.3, 0.4) is 0 Å². The Kier molecular flexibility index (Phi) is 47.0. The third-order valence-corrected chi connectivity index (χ3v) is 19.9. The van der Waals surface area contributed by atoms with E-state index >= 15 is 0 Å². The lowest BCUT2D eigenvalue weighted by atomic mass is 9.92. The molecule has 2 saturated heterocycles. The van der Waals surface area contributed by atoms with Crippen LogP contribution in [0.1, 0.15) is 249 Å². The molecule has 8 aromatic rings. The molecule has 4 heterocycles. The number of aryl methyl sites for hydroxylation is 4. The lowest BCUT2D eigenvalue weighted by Gasteiger charge is -2.24. The van der Waals surface area contributed by atoms with Crippen LogP contribution in [0.5, 0.6) is 0 Å². The van der Waals surface area contributed by atoms with Gasteiger partial charge >= 0.3 is 0 Å². The zero-order valence-electron chi connectivity index (χ0n) is 75.9. The smallest absolute Gasteiger partial charge is 0.252 e. The van der Waals surface area contributed by atoms with Crippen molar-refractivity contribution in [3.8, 4) is 0 Å². The van der Waals surface area contributed by atoms with Gasteiger partial charge in [0.05, 0.1) is 88.5 Å². The highest BCUT2D eigenvalue weighted by Gasteiger charge is 2.28. The number of rotatable bonds is 37. The highest BCUT2D eigenvalue weighted by molar-refractivity contribution is 6.07. The van der Waals surface area contributed by atoms with E-state index in [2.05, 4.69) is 58.5 Å². The molecule has 130 heavy (non-hydrogen) atoms. The quantitative estimate of drug-likeness (QED) is 0.0178. The minimum absolute atomic E-state index is 0.0254. The Morgan fingerprint density at radius 3 is 1.00 bits per heavy atom. The Morgan fingerprint density at radius 1 is 0.346 bits per heavy atom. The minimum atomic E-state index is -0.742. The van der Waals surface area contributed by atoms with Gasteiger partial charge in [-0.05, 0) is 226 Å². The van der Waals surface area contributed by atoms with Gasteiger partial charge in [0.1, 0.15) is 11.5 Å². The summed E-state index contributed by atoms with van der Waals surface area (Å²) in [4.78, 5) is 146. The number of furan rings is 2. The van der Waals surface area contributed by atoms with Crippen molar-refractivity contribution in [3.05, 3.63) is 258 Å². The normalized spacial score (nSPS) is 12.9. The summed E-state index contributed by atoms with van der Waals surface area (Å²) in [6, 6.07) is 36.6. The Hall–Kier alpha value is -12.6. The molecule has 18 N–H and O–H groups in total. The molecule has 2 fully saturated rings. The summed E-state index contributed by atoms with van der Waals surface area (Å²) in [5, 5.41) is 91.4. The first-order valence-electron chi connectivity index (χ1n) is 43.0. The zero-order chi connectivity index (χ0) is 95.9. The predicted molar refractivity (Wildman–Crippen MR) is 488 cm³/mol. The number of hydrogen-bond donors (Lipinski definition) is 18. The van der Waals surface area contributed by atoms with Crippen molar-refractivity contribution in [2.24, 2.45) is 0 Å². The van der Waals surface area contributed by atoms with Crippen LogP contribution < -0.4 is 58.5 Å². The van der Waals surface area contributed by atoms with Gasteiger partial charge < -0.3 is 113 Å². The van der Waals surface area contributed by atoms with Crippen LogP contribution in [0.25, 0.3) is 0 Å². The first kappa shape index (κ1) is 108. The van der Waals surface area contributed by atoms with E-state index < -0.39 is 22.9 Å². The summed E-state index contributed by atoms with van der Waals surface area (Å²) in [7, 11) is 0. The number of aliphatic hydroxyl groups is 7. The van der Waals surface area contributed by atoms with Crippen molar-refractivity contribution in [3.63, 3.8) is 0 Å². The van der Waals surface area contributed by atoms with Gasteiger partial charge in [0.25, 0.3) is 65.0 Å². The van der Waals surface area contributed by atoms with Gasteiger partial charge in [-0.1, -0.05) is 55.5 Å². The lowest BCUT2D eigenvalue weighted by molar-refractivity contribution is 0.0848. The van der Waals surface area contributed by atoms with E-state index in [4.69, 9.17) is 43.8 Å². The van der Waals surface area contributed by atoms with Gasteiger partial charge in [-0.25, -0.2) is 0 Å². The molecule has 2 aliphatic heterocycles. The van der Waals surface area contributed by atoms with Crippen LogP contribution >= 0.6 is 0 Å². The van der Waals surface area contributed by atoms with Crippen molar-refractivity contribution < 1.29 is 112 Å². The number of ketones is 1. The van der Waals surface area contributed by atoms with E-state index in [0.29, 0.717) is 113 Å². The first-order valence-corrected chi connectivity index (χ1v) is 43.0. The largest absolute Gasteiger partial charge is 0.467 e. The van der Waals surface area contributed by atoms with Crippen molar-refractivity contribution in [1.29, 1.82) is 0 Å². The number of carbonyl (C=O) groups is 12. The van der Waals surface area contributed by atoms with Crippen LogP contribution in [0.2, 0.25) is 0 Å². The zero-order valence-corrected chi connectivity index (χ0v) is 75.9. The molecule has 0 saturated carbocycles. The molecule has 34 heteroatoms. The monoisotopic (exact) mass is 1800 g/mol. The van der Waals surface area contributed by atoms with Crippen LogP contribution in [-0.4, -0.2) is 235 Å². The van der Waals surface area contributed by atoms with Crippen LogP contribution in [0, 0.1) is 41.5 Å². The molecule has 2 unspecified atom stereocenters. The summed E-state index contributed by atoms with van der Waals surface area (Å²) in [6.45, 7) is 23.1. The molecular formula is C96H127N11O23.